The molecule has 3 aromatic rings. The van der Waals surface area contributed by atoms with Crippen molar-refractivity contribution in [1.29, 1.82) is 0 Å². The number of ether oxygens (including phenoxy) is 2. The number of nitrogens with one attached hydrogen (secondary N) is 2. The number of carbonyl (C=O) groups is 1. The van der Waals surface area contributed by atoms with Gasteiger partial charge in [-0.15, -0.1) is 0 Å². The van der Waals surface area contributed by atoms with Crippen LogP contribution in [-0.2, 0) is 6.61 Å². The highest BCUT2D eigenvalue weighted by molar-refractivity contribution is 6.31. The molecule has 1 aromatic heterocycles. The number of amides is 1. The minimum absolute atomic E-state index is 0.0507. The molecular formula is C24H25ClN4O4. The SMILES string of the molecule is COc1ccc(/C=N/NC(=O)c2ccc(=O)[nH]n2)cc1COc1cc(C)c(Cl)cc1C(C)C. The minimum Gasteiger partial charge on any atom is -0.496 e. The van der Waals surface area contributed by atoms with Gasteiger partial charge in [0, 0.05) is 16.7 Å². The average molecular weight is 469 g/mol. The number of aromatic amines is 1. The van der Waals surface area contributed by atoms with E-state index >= 15 is 0 Å². The van der Waals surface area contributed by atoms with Gasteiger partial charge in [-0.1, -0.05) is 25.4 Å². The molecule has 8 nitrogen and oxygen atoms in total. The van der Waals surface area contributed by atoms with Crippen LogP contribution in [0.3, 0.4) is 0 Å². The second kappa shape index (κ2) is 10.8. The second-order valence-corrected chi connectivity index (χ2v) is 8.07. The van der Waals surface area contributed by atoms with Gasteiger partial charge in [0.2, 0.25) is 0 Å². The molecule has 3 rings (SSSR count). The summed E-state index contributed by atoms with van der Waals surface area (Å²) >= 11 is 6.29. The number of hydrogen-bond donors (Lipinski definition) is 2. The number of aryl methyl sites for hydroxylation is 1. The van der Waals surface area contributed by atoms with Crippen LogP contribution in [0.4, 0.5) is 0 Å². The molecule has 0 saturated carbocycles. The third-order valence-electron chi connectivity index (χ3n) is 4.89. The number of hydrazone groups is 1. The van der Waals surface area contributed by atoms with E-state index in [1.807, 2.05) is 37.3 Å². The predicted octanol–water partition coefficient (Wildman–Crippen LogP) is 4.21. The van der Waals surface area contributed by atoms with Crippen LogP contribution in [0.15, 0.2) is 52.4 Å². The molecule has 0 fully saturated rings. The molecule has 1 heterocycles. The molecule has 0 radical (unpaired) electrons. The molecule has 0 atom stereocenters. The van der Waals surface area contributed by atoms with Crippen LogP contribution in [0.2, 0.25) is 5.02 Å². The van der Waals surface area contributed by atoms with E-state index in [0.29, 0.717) is 10.8 Å². The molecule has 2 aromatic carbocycles. The van der Waals surface area contributed by atoms with Gasteiger partial charge in [0.15, 0.2) is 5.69 Å². The Hall–Kier alpha value is -3.65. The molecule has 2 N–H and O–H groups in total. The van der Waals surface area contributed by atoms with Crippen LogP contribution in [0, 0.1) is 6.92 Å². The van der Waals surface area contributed by atoms with Crippen molar-refractivity contribution in [1.82, 2.24) is 15.6 Å². The zero-order valence-electron chi connectivity index (χ0n) is 18.8. The lowest BCUT2D eigenvalue weighted by atomic mass is 10.0. The van der Waals surface area contributed by atoms with E-state index in [2.05, 4.69) is 34.6 Å². The molecule has 0 saturated heterocycles. The average Bonchev–Trinajstić information content (AvgIpc) is 2.79. The van der Waals surface area contributed by atoms with Crippen molar-refractivity contribution in [3.63, 3.8) is 0 Å². The third-order valence-corrected chi connectivity index (χ3v) is 5.30. The number of carbonyl (C=O) groups excluding carboxylic acids is 1. The molecule has 33 heavy (non-hydrogen) atoms. The molecule has 1 amide bonds. The van der Waals surface area contributed by atoms with E-state index in [1.165, 1.54) is 18.3 Å². The number of halogens is 1. The van der Waals surface area contributed by atoms with Gasteiger partial charge in [-0.3, -0.25) is 9.59 Å². The number of nitrogens with zero attached hydrogens (tertiary/aromatic N) is 2. The summed E-state index contributed by atoms with van der Waals surface area (Å²) in [4.78, 5) is 23.1. The Bertz CT molecular complexity index is 1220. The fourth-order valence-corrected chi connectivity index (χ4v) is 3.26. The summed E-state index contributed by atoms with van der Waals surface area (Å²) in [5, 5.41) is 10.5. The molecule has 0 unspecified atom stereocenters. The quantitative estimate of drug-likeness (QED) is 0.380. The van der Waals surface area contributed by atoms with Gasteiger partial charge < -0.3 is 9.47 Å². The van der Waals surface area contributed by atoms with Gasteiger partial charge in [-0.25, -0.2) is 10.5 Å². The Labute approximate surface area is 196 Å². The van der Waals surface area contributed by atoms with Crippen LogP contribution in [0.25, 0.3) is 0 Å². The lowest BCUT2D eigenvalue weighted by molar-refractivity contribution is 0.0949. The summed E-state index contributed by atoms with van der Waals surface area (Å²) in [5.41, 5.74) is 5.56. The van der Waals surface area contributed by atoms with Gasteiger partial charge in [0.1, 0.15) is 18.1 Å². The van der Waals surface area contributed by atoms with E-state index in [4.69, 9.17) is 21.1 Å². The number of hydrogen-bond acceptors (Lipinski definition) is 6. The number of aromatic nitrogens is 2. The molecule has 0 aliphatic rings. The largest absolute Gasteiger partial charge is 0.496 e. The second-order valence-electron chi connectivity index (χ2n) is 7.66. The molecule has 0 spiro atoms. The molecule has 0 aliphatic heterocycles. The summed E-state index contributed by atoms with van der Waals surface area (Å²) in [6.07, 6.45) is 1.50. The highest BCUT2D eigenvalue weighted by Gasteiger charge is 2.13. The normalized spacial score (nSPS) is 11.1. The Morgan fingerprint density at radius 3 is 2.67 bits per heavy atom. The monoisotopic (exact) mass is 468 g/mol. The maximum absolute atomic E-state index is 12.1. The number of rotatable bonds is 8. The summed E-state index contributed by atoms with van der Waals surface area (Å²) in [6.45, 7) is 6.39. The first-order valence-corrected chi connectivity index (χ1v) is 10.6. The van der Waals surface area contributed by atoms with Gasteiger partial charge in [-0.2, -0.15) is 10.2 Å². The first-order chi connectivity index (χ1) is 15.8. The minimum atomic E-state index is -0.543. The fraction of sp³-hybridized carbons (Fsp3) is 0.250. The first kappa shape index (κ1) is 24.0. The number of H-pyrrole nitrogens is 1. The van der Waals surface area contributed by atoms with E-state index in [-0.39, 0.29) is 18.2 Å². The van der Waals surface area contributed by atoms with Crippen molar-refractivity contribution in [2.75, 3.05) is 7.11 Å². The van der Waals surface area contributed by atoms with Crippen LogP contribution < -0.4 is 20.5 Å². The summed E-state index contributed by atoms with van der Waals surface area (Å²) in [7, 11) is 1.59. The van der Waals surface area contributed by atoms with Gasteiger partial charge in [0.25, 0.3) is 11.5 Å². The maximum Gasteiger partial charge on any atom is 0.291 e. The Balaban J connectivity index is 1.74. The predicted molar refractivity (Wildman–Crippen MR) is 128 cm³/mol. The topological polar surface area (TPSA) is 106 Å². The fourth-order valence-electron chi connectivity index (χ4n) is 3.09. The van der Waals surface area contributed by atoms with Crippen molar-refractivity contribution in [3.8, 4) is 11.5 Å². The van der Waals surface area contributed by atoms with Crippen molar-refractivity contribution in [2.24, 2.45) is 5.10 Å². The van der Waals surface area contributed by atoms with Gasteiger partial charge >= 0.3 is 0 Å². The smallest absolute Gasteiger partial charge is 0.291 e. The van der Waals surface area contributed by atoms with E-state index in [1.54, 1.807) is 7.11 Å². The van der Waals surface area contributed by atoms with Gasteiger partial charge in [0.05, 0.1) is 13.3 Å². The highest BCUT2D eigenvalue weighted by Crippen LogP contribution is 2.33. The van der Waals surface area contributed by atoms with Crippen molar-refractivity contribution in [3.05, 3.63) is 85.8 Å². The zero-order chi connectivity index (χ0) is 24.0. The van der Waals surface area contributed by atoms with Crippen molar-refractivity contribution >= 4 is 23.7 Å². The van der Waals surface area contributed by atoms with Crippen LogP contribution in [0.1, 0.15) is 52.5 Å². The Kier molecular flexibility index (Phi) is 7.84. The lowest BCUT2D eigenvalue weighted by Crippen LogP contribution is -2.21. The maximum atomic E-state index is 12.1. The Morgan fingerprint density at radius 1 is 1.21 bits per heavy atom. The van der Waals surface area contributed by atoms with Crippen LogP contribution in [0.5, 0.6) is 11.5 Å². The standard InChI is InChI=1S/C24H25ClN4O4/c1-14(2)18-11-19(25)15(3)9-22(18)33-13-17-10-16(5-7-21(17)32-4)12-26-29-24(31)20-6-8-23(30)28-27-20/h5-12,14H,13H2,1-4H3,(H,28,30)(H,29,31)/b26-12+. The van der Waals surface area contributed by atoms with E-state index in [0.717, 1.165) is 28.0 Å². The molecular weight excluding hydrogens is 444 g/mol. The van der Waals surface area contributed by atoms with Crippen LogP contribution in [-0.4, -0.2) is 29.4 Å². The van der Waals surface area contributed by atoms with Gasteiger partial charge in [-0.05, 0) is 65.9 Å². The number of benzene rings is 2. The third kappa shape index (κ3) is 6.20. The van der Waals surface area contributed by atoms with E-state index in [9.17, 15) is 9.59 Å². The molecule has 9 heteroatoms. The molecule has 0 bridgehead atoms. The van der Waals surface area contributed by atoms with Crippen molar-refractivity contribution in [2.45, 2.75) is 33.3 Å². The van der Waals surface area contributed by atoms with E-state index < -0.39 is 11.5 Å². The summed E-state index contributed by atoms with van der Waals surface area (Å²) in [6, 6.07) is 11.9. The lowest BCUT2D eigenvalue weighted by Gasteiger charge is -2.17. The Morgan fingerprint density at radius 2 is 2.00 bits per heavy atom. The summed E-state index contributed by atoms with van der Waals surface area (Å²) < 4.78 is 11.6. The zero-order valence-corrected chi connectivity index (χ0v) is 19.6. The number of methoxy groups -OCH3 is 1. The highest BCUT2D eigenvalue weighted by atomic mass is 35.5. The van der Waals surface area contributed by atoms with Crippen LogP contribution >= 0.6 is 11.6 Å². The molecule has 172 valence electrons. The van der Waals surface area contributed by atoms with Crippen molar-refractivity contribution < 1.29 is 14.3 Å². The molecule has 0 aliphatic carbocycles. The summed E-state index contributed by atoms with van der Waals surface area (Å²) in [5.74, 6) is 1.15. The first-order valence-electron chi connectivity index (χ1n) is 10.3.